The maximum Gasteiger partial charge on any atom is 0.306 e. The SMILES string of the molecule is CC(=O)O[C@H](C[C@H](C(C)C)N(C)C(=O)C1(NC(=O)[C@H]2CCCCN2C)CC1)c1nc(C(=O)N[C@@H](Cc2nccs2)C[C@H](C)C(=O)O)cs1. The molecule has 4 rings (SSSR count). The molecule has 0 spiro atoms. The van der Waals surface area contributed by atoms with E-state index in [1.54, 1.807) is 30.4 Å². The minimum atomic E-state index is -0.955. The molecule has 0 radical (unpaired) electrons. The number of thiazole rings is 2. The third kappa shape index (κ3) is 9.59. The van der Waals surface area contributed by atoms with Gasteiger partial charge in [-0.1, -0.05) is 27.2 Å². The summed E-state index contributed by atoms with van der Waals surface area (Å²) in [5.41, 5.74) is -0.814. The van der Waals surface area contributed by atoms with E-state index in [9.17, 15) is 29.1 Å². The number of esters is 1. The van der Waals surface area contributed by atoms with E-state index in [1.165, 1.54) is 29.6 Å². The van der Waals surface area contributed by atoms with Crippen molar-refractivity contribution in [1.82, 2.24) is 30.4 Å². The molecule has 48 heavy (non-hydrogen) atoms. The predicted molar refractivity (Wildman–Crippen MR) is 181 cm³/mol. The van der Waals surface area contributed by atoms with Gasteiger partial charge in [-0.2, -0.15) is 0 Å². The maximum absolute atomic E-state index is 13.9. The van der Waals surface area contributed by atoms with Crippen molar-refractivity contribution >= 4 is 52.3 Å². The number of amides is 3. The van der Waals surface area contributed by atoms with Crippen LogP contribution in [0.5, 0.6) is 0 Å². The van der Waals surface area contributed by atoms with Crippen molar-refractivity contribution < 1.29 is 33.8 Å². The van der Waals surface area contributed by atoms with E-state index in [0.29, 0.717) is 24.3 Å². The van der Waals surface area contributed by atoms with E-state index in [-0.39, 0.29) is 48.4 Å². The second-order valence-electron chi connectivity index (χ2n) is 13.5. The lowest BCUT2D eigenvalue weighted by Crippen LogP contribution is -2.57. The summed E-state index contributed by atoms with van der Waals surface area (Å²) in [4.78, 5) is 76.8. The van der Waals surface area contributed by atoms with Gasteiger partial charge in [0.2, 0.25) is 11.8 Å². The molecule has 2 aromatic heterocycles. The number of nitrogens with one attached hydrogen (secondary N) is 2. The Bertz CT molecular complexity index is 1440. The summed E-state index contributed by atoms with van der Waals surface area (Å²) in [5, 5.41) is 20.0. The number of aliphatic carboxylic acids is 1. The van der Waals surface area contributed by atoms with E-state index in [4.69, 9.17) is 4.74 Å². The standard InChI is InChI=1S/C33H48N6O7S2/c1-19(2)25(39(6)32(45)33(10-11-33)37-29(42)24-9-7-8-13-38(24)5)17-26(46-21(4)40)30-36-23(18-48-30)28(41)35-22(15-20(3)31(43)44)16-27-34-12-14-47-27/h12,14,18-20,22,24-26H,7-11,13,15-17H2,1-6H3,(H,35,41)(H,37,42)(H,43,44)/t20-,22+,24+,25+,26+/m0/s1. The van der Waals surface area contributed by atoms with Crippen molar-refractivity contribution in [3.05, 3.63) is 32.7 Å². The highest BCUT2D eigenvalue weighted by Crippen LogP contribution is 2.39. The van der Waals surface area contributed by atoms with Crippen LogP contribution < -0.4 is 10.6 Å². The fourth-order valence-electron chi connectivity index (χ4n) is 6.31. The number of carbonyl (C=O) groups is 5. The topological polar surface area (TPSA) is 171 Å². The minimum absolute atomic E-state index is 0.0291. The van der Waals surface area contributed by atoms with E-state index in [0.717, 1.165) is 30.8 Å². The second kappa shape index (κ2) is 16.3. The highest BCUT2D eigenvalue weighted by Gasteiger charge is 2.54. The van der Waals surface area contributed by atoms with Crippen LogP contribution in [0.15, 0.2) is 17.0 Å². The highest BCUT2D eigenvalue weighted by atomic mass is 32.1. The number of ether oxygens (including phenoxy) is 1. The number of carboxylic acids is 1. The van der Waals surface area contributed by atoms with Crippen molar-refractivity contribution in [1.29, 1.82) is 0 Å². The van der Waals surface area contributed by atoms with Crippen LogP contribution in [-0.2, 0) is 30.3 Å². The molecular weight excluding hydrogens is 657 g/mol. The van der Waals surface area contributed by atoms with Crippen LogP contribution in [0.25, 0.3) is 0 Å². The zero-order valence-electron chi connectivity index (χ0n) is 28.6. The zero-order valence-corrected chi connectivity index (χ0v) is 30.2. The van der Waals surface area contributed by atoms with Gasteiger partial charge in [-0.15, -0.1) is 22.7 Å². The lowest BCUT2D eigenvalue weighted by atomic mass is 9.95. The molecule has 2 aliphatic rings. The fourth-order valence-corrected chi connectivity index (χ4v) is 7.85. The Hall–Kier alpha value is -3.43. The summed E-state index contributed by atoms with van der Waals surface area (Å²) >= 11 is 2.60. The van der Waals surface area contributed by atoms with Crippen LogP contribution in [0.1, 0.15) is 99.2 Å². The summed E-state index contributed by atoms with van der Waals surface area (Å²) in [7, 11) is 3.66. The molecule has 13 nitrogen and oxygen atoms in total. The van der Waals surface area contributed by atoms with E-state index >= 15 is 0 Å². The van der Waals surface area contributed by atoms with Gasteiger partial charge in [0.25, 0.3) is 5.91 Å². The zero-order chi connectivity index (χ0) is 35.2. The molecule has 3 heterocycles. The first-order valence-electron chi connectivity index (χ1n) is 16.5. The molecule has 3 amide bonds. The molecule has 2 fully saturated rings. The quantitative estimate of drug-likeness (QED) is 0.219. The average Bonchev–Trinajstić information content (AvgIpc) is 3.38. The number of carbonyl (C=O) groups excluding carboxylic acids is 4. The van der Waals surface area contributed by atoms with Crippen LogP contribution >= 0.6 is 22.7 Å². The van der Waals surface area contributed by atoms with E-state index in [1.807, 2.05) is 31.2 Å². The third-order valence-corrected chi connectivity index (χ3v) is 11.0. The maximum atomic E-state index is 13.9. The third-order valence-electron chi connectivity index (χ3n) is 9.28. The summed E-state index contributed by atoms with van der Waals surface area (Å²) in [6.45, 7) is 7.71. The molecule has 0 unspecified atom stereocenters. The lowest BCUT2D eigenvalue weighted by molar-refractivity contribution is -0.149. The summed E-state index contributed by atoms with van der Waals surface area (Å²) < 4.78 is 5.72. The number of likely N-dealkylation sites (N-methyl/N-ethyl adjacent to an activating group) is 2. The van der Waals surface area contributed by atoms with Gasteiger partial charge < -0.3 is 25.4 Å². The molecule has 1 saturated heterocycles. The Labute approximate surface area is 289 Å². The number of piperidine rings is 1. The monoisotopic (exact) mass is 704 g/mol. The number of likely N-dealkylation sites (tertiary alicyclic amines) is 1. The number of carboxylic acid groups (broad SMARTS) is 1. The van der Waals surface area contributed by atoms with Gasteiger partial charge in [0.15, 0.2) is 6.10 Å². The highest BCUT2D eigenvalue weighted by molar-refractivity contribution is 7.10. The first-order valence-corrected chi connectivity index (χ1v) is 18.3. The van der Waals surface area contributed by atoms with Crippen molar-refractivity contribution in [3.8, 4) is 0 Å². The Morgan fingerprint density at radius 3 is 2.46 bits per heavy atom. The predicted octanol–water partition coefficient (Wildman–Crippen LogP) is 3.66. The first-order chi connectivity index (χ1) is 22.7. The Kier molecular flexibility index (Phi) is 12.7. The Morgan fingerprint density at radius 1 is 1.15 bits per heavy atom. The molecule has 264 valence electrons. The van der Waals surface area contributed by atoms with Gasteiger partial charge in [0.05, 0.1) is 17.0 Å². The molecule has 3 N–H and O–H groups in total. The molecule has 0 bridgehead atoms. The molecule has 15 heteroatoms. The fraction of sp³-hybridized carbons (Fsp3) is 0.667. The van der Waals surface area contributed by atoms with Gasteiger partial charge in [-0.3, -0.25) is 28.9 Å². The molecular formula is C33H48N6O7S2. The largest absolute Gasteiger partial charge is 0.481 e. The van der Waals surface area contributed by atoms with Gasteiger partial charge in [0.1, 0.15) is 16.2 Å². The molecule has 1 aliphatic heterocycles. The summed E-state index contributed by atoms with van der Waals surface area (Å²) in [5.74, 6) is -2.95. The van der Waals surface area contributed by atoms with Crippen molar-refractivity contribution in [3.63, 3.8) is 0 Å². The molecule has 0 aromatic carbocycles. The van der Waals surface area contributed by atoms with Crippen LogP contribution in [0, 0.1) is 11.8 Å². The normalized spacial score (nSPS) is 19.9. The summed E-state index contributed by atoms with van der Waals surface area (Å²) in [6.07, 6.45) is 5.60. The number of hydrogen-bond acceptors (Lipinski definition) is 11. The Morgan fingerprint density at radius 2 is 1.88 bits per heavy atom. The molecule has 1 saturated carbocycles. The van der Waals surface area contributed by atoms with Crippen molar-refractivity contribution in [2.45, 2.75) is 109 Å². The van der Waals surface area contributed by atoms with E-state index < -0.39 is 41.4 Å². The van der Waals surface area contributed by atoms with Crippen LogP contribution in [0.3, 0.4) is 0 Å². The first kappa shape index (κ1) is 37.4. The number of aromatic nitrogens is 2. The molecule has 2 aromatic rings. The van der Waals surface area contributed by atoms with Gasteiger partial charge in [-0.25, -0.2) is 9.97 Å². The average molecular weight is 705 g/mol. The molecule has 5 atom stereocenters. The minimum Gasteiger partial charge on any atom is -0.481 e. The van der Waals surface area contributed by atoms with Gasteiger partial charge in [0, 0.05) is 55.9 Å². The number of hydrogen-bond donors (Lipinski definition) is 3. The smallest absolute Gasteiger partial charge is 0.306 e. The van der Waals surface area contributed by atoms with Gasteiger partial charge in [-0.05, 0) is 51.6 Å². The van der Waals surface area contributed by atoms with Crippen LogP contribution in [0.2, 0.25) is 0 Å². The lowest BCUT2D eigenvalue weighted by Gasteiger charge is -2.37. The van der Waals surface area contributed by atoms with E-state index in [2.05, 4.69) is 20.6 Å². The number of nitrogens with zero attached hydrogens (tertiary/aromatic N) is 4. The van der Waals surface area contributed by atoms with Crippen LogP contribution in [0.4, 0.5) is 0 Å². The second-order valence-corrected chi connectivity index (χ2v) is 15.3. The summed E-state index contributed by atoms with van der Waals surface area (Å²) in [6, 6.07) is -1.10. The van der Waals surface area contributed by atoms with Crippen molar-refractivity contribution in [2.24, 2.45) is 11.8 Å². The van der Waals surface area contributed by atoms with Gasteiger partial charge >= 0.3 is 11.9 Å². The van der Waals surface area contributed by atoms with Crippen LogP contribution in [-0.4, -0.2) is 98.8 Å². The molecule has 1 aliphatic carbocycles. The Balaban J connectivity index is 1.47. The van der Waals surface area contributed by atoms with Crippen molar-refractivity contribution in [2.75, 3.05) is 20.6 Å². The number of rotatable bonds is 16.